The van der Waals surface area contributed by atoms with Gasteiger partial charge in [-0.25, -0.2) is 0 Å². The number of nitrogens with one attached hydrogen (secondary N) is 1. The van der Waals surface area contributed by atoms with E-state index in [4.69, 9.17) is 9.47 Å². The van der Waals surface area contributed by atoms with Crippen molar-refractivity contribution < 1.29 is 14.3 Å². The number of Topliss-reactive ketones (excluding diaryl/α,β-unsaturated/α-hetero) is 1. The summed E-state index contributed by atoms with van der Waals surface area (Å²) in [6.45, 7) is 11.4. The van der Waals surface area contributed by atoms with E-state index in [0.29, 0.717) is 44.8 Å². The molecule has 0 saturated carbocycles. The molecule has 0 amide bonds. The molecule has 1 aromatic rings. The summed E-state index contributed by atoms with van der Waals surface area (Å²) in [7, 11) is 0. The van der Waals surface area contributed by atoms with Gasteiger partial charge in [0.25, 0.3) is 0 Å². The van der Waals surface area contributed by atoms with Crippen molar-refractivity contribution in [3.05, 3.63) is 35.9 Å². The SMILES string of the molecule is CC(C)(C)CC(=O)CN1CCC(CNCOCOCc2ccccc2)CC1. The fourth-order valence-corrected chi connectivity index (χ4v) is 3.42. The summed E-state index contributed by atoms with van der Waals surface area (Å²) in [4.78, 5) is 14.4. The minimum atomic E-state index is 0.0874. The Morgan fingerprint density at radius 2 is 1.85 bits per heavy atom. The van der Waals surface area contributed by atoms with E-state index in [0.717, 1.165) is 38.0 Å². The lowest BCUT2D eigenvalue weighted by Gasteiger charge is -2.32. The van der Waals surface area contributed by atoms with Gasteiger partial charge in [0.2, 0.25) is 0 Å². The van der Waals surface area contributed by atoms with Gasteiger partial charge in [-0.2, -0.15) is 0 Å². The van der Waals surface area contributed by atoms with E-state index >= 15 is 0 Å². The topological polar surface area (TPSA) is 50.8 Å². The molecule has 1 aromatic carbocycles. The fourth-order valence-electron chi connectivity index (χ4n) is 3.42. The van der Waals surface area contributed by atoms with Gasteiger partial charge in [0, 0.05) is 13.0 Å². The van der Waals surface area contributed by atoms with Crippen LogP contribution in [0.1, 0.15) is 45.6 Å². The molecule has 0 unspecified atom stereocenters. The third kappa shape index (κ3) is 10.0. The van der Waals surface area contributed by atoms with Crippen LogP contribution in [-0.4, -0.2) is 50.4 Å². The Balaban J connectivity index is 1.46. The van der Waals surface area contributed by atoms with Gasteiger partial charge in [-0.05, 0) is 42.8 Å². The van der Waals surface area contributed by atoms with Gasteiger partial charge >= 0.3 is 0 Å². The molecule has 0 aliphatic carbocycles. The van der Waals surface area contributed by atoms with Crippen LogP contribution >= 0.6 is 0 Å². The number of hydrogen-bond donors (Lipinski definition) is 1. The molecule has 1 aliphatic rings. The molecule has 1 N–H and O–H groups in total. The van der Waals surface area contributed by atoms with Crippen molar-refractivity contribution in [3.63, 3.8) is 0 Å². The first kappa shape index (κ1) is 22.0. The van der Waals surface area contributed by atoms with Gasteiger partial charge in [0.05, 0.1) is 19.9 Å². The van der Waals surface area contributed by atoms with Crippen LogP contribution in [0.3, 0.4) is 0 Å². The number of nitrogens with zero attached hydrogens (tertiary/aromatic N) is 1. The molecule has 1 fully saturated rings. The van der Waals surface area contributed by atoms with E-state index < -0.39 is 0 Å². The molecule has 1 aliphatic heterocycles. The number of carbonyl (C=O) groups excluding carboxylic acids is 1. The van der Waals surface area contributed by atoms with Gasteiger partial charge in [-0.15, -0.1) is 0 Å². The molecule has 27 heavy (non-hydrogen) atoms. The standard InChI is InChI=1S/C22H36N2O3/c1-22(2,3)13-21(25)15-24-11-9-19(10-12-24)14-23-17-27-18-26-16-20-7-5-4-6-8-20/h4-8,19,23H,9-18H2,1-3H3. The van der Waals surface area contributed by atoms with Crippen LogP contribution in [0.5, 0.6) is 0 Å². The number of likely N-dealkylation sites (tertiary alicyclic amines) is 1. The predicted molar refractivity (Wildman–Crippen MR) is 108 cm³/mol. The highest BCUT2D eigenvalue weighted by Crippen LogP contribution is 2.20. The predicted octanol–water partition coefficient (Wildman–Crippen LogP) is 3.44. The molecule has 0 atom stereocenters. The Bertz CT molecular complexity index is 534. The Kier molecular flexibility index (Phi) is 9.42. The number of piperidine rings is 1. The molecule has 152 valence electrons. The highest BCUT2D eigenvalue weighted by Gasteiger charge is 2.22. The number of hydrogen-bond acceptors (Lipinski definition) is 5. The van der Waals surface area contributed by atoms with Crippen molar-refractivity contribution in [2.24, 2.45) is 11.3 Å². The zero-order valence-corrected chi connectivity index (χ0v) is 17.2. The number of ketones is 1. The summed E-state index contributed by atoms with van der Waals surface area (Å²) >= 11 is 0. The Morgan fingerprint density at radius 3 is 2.52 bits per heavy atom. The van der Waals surface area contributed by atoms with Crippen LogP contribution < -0.4 is 5.32 Å². The summed E-state index contributed by atoms with van der Waals surface area (Å²) in [5.74, 6) is 1.02. The summed E-state index contributed by atoms with van der Waals surface area (Å²) in [6.07, 6.45) is 2.94. The zero-order valence-electron chi connectivity index (χ0n) is 17.2. The van der Waals surface area contributed by atoms with Crippen molar-refractivity contribution in [3.8, 4) is 0 Å². The van der Waals surface area contributed by atoms with E-state index in [-0.39, 0.29) is 5.41 Å². The molecule has 5 heteroatoms. The summed E-state index contributed by atoms with van der Waals surface area (Å²) in [5.41, 5.74) is 1.24. The van der Waals surface area contributed by atoms with Crippen LogP contribution in [0.25, 0.3) is 0 Å². The van der Waals surface area contributed by atoms with Crippen molar-refractivity contribution >= 4 is 5.78 Å². The molecule has 1 heterocycles. The molecule has 0 bridgehead atoms. The highest BCUT2D eigenvalue weighted by molar-refractivity contribution is 5.81. The lowest BCUT2D eigenvalue weighted by Crippen LogP contribution is -2.40. The molecule has 2 rings (SSSR count). The van der Waals surface area contributed by atoms with E-state index in [1.807, 2.05) is 30.3 Å². The van der Waals surface area contributed by atoms with Gasteiger partial charge in [-0.3, -0.25) is 15.0 Å². The largest absolute Gasteiger partial charge is 0.351 e. The highest BCUT2D eigenvalue weighted by atomic mass is 16.7. The van der Waals surface area contributed by atoms with Crippen LogP contribution in [0.15, 0.2) is 30.3 Å². The second-order valence-corrected chi connectivity index (χ2v) is 8.75. The van der Waals surface area contributed by atoms with Crippen molar-refractivity contribution in [1.29, 1.82) is 0 Å². The van der Waals surface area contributed by atoms with Crippen molar-refractivity contribution in [2.75, 3.05) is 39.7 Å². The minimum absolute atomic E-state index is 0.0874. The third-order valence-electron chi connectivity index (χ3n) is 4.75. The smallest absolute Gasteiger partial charge is 0.148 e. The Labute approximate surface area is 164 Å². The maximum atomic E-state index is 12.1. The first-order chi connectivity index (χ1) is 12.9. The second kappa shape index (κ2) is 11.5. The minimum Gasteiger partial charge on any atom is -0.351 e. The molecular formula is C22H36N2O3. The summed E-state index contributed by atoms with van der Waals surface area (Å²) < 4.78 is 11.0. The number of ether oxygens (including phenoxy) is 2. The van der Waals surface area contributed by atoms with E-state index in [1.165, 1.54) is 0 Å². The normalized spacial score (nSPS) is 16.6. The number of benzene rings is 1. The molecule has 0 radical (unpaired) electrons. The Morgan fingerprint density at radius 1 is 1.15 bits per heavy atom. The lowest BCUT2D eigenvalue weighted by molar-refractivity contribution is -0.122. The van der Waals surface area contributed by atoms with Gasteiger partial charge in [-0.1, -0.05) is 51.1 Å². The number of carbonyl (C=O) groups is 1. The average Bonchev–Trinajstić information content (AvgIpc) is 2.61. The molecular weight excluding hydrogens is 340 g/mol. The quantitative estimate of drug-likeness (QED) is 0.474. The van der Waals surface area contributed by atoms with Crippen molar-refractivity contribution in [2.45, 2.75) is 46.6 Å². The Hall–Kier alpha value is -1.27. The number of rotatable bonds is 11. The summed E-state index contributed by atoms with van der Waals surface area (Å²) in [6, 6.07) is 10.1. The van der Waals surface area contributed by atoms with Crippen molar-refractivity contribution in [1.82, 2.24) is 10.2 Å². The second-order valence-electron chi connectivity index (χ2n) is 8.75. The van der Waals surface area contributed by atoms with Gasteiger partial charge in [0.15, 0.2) is 0 Å². The molecule has 1 saturated heterocycles. The maximum Gasteiger partial charge on any atom is 0.148 e. The van der Waals surface area contributed by atoms with Gasteiger partial charge in [0.1, 0.15) is 12.6 Å². The van der Waals surface area contributed by atoms with Crippen LogP contribution in [0.4, 0.5) is 0 Å². The monoisotopic (exact) mass is 376 g/mol. The lowest BCUT2D eigenvalue weighted by atomic mass is 9.89. The van der Waals surface area contributed by atoms with E-state index in [9.17, 15) is 4.79 Å². The molecule has 0 aromatic heterocycles. The third-order valence-corrected chi connectivity index (χ3v) is 4.75. The van der Waals surface area contributed by atoms with Crippen LogP contribution in [-0.2, 0) is 20.9 Å². The first-order valence-corrected chi connectivity index (χ1v) is 10.1. The van der Waals surface area contributed by atoms with Gasteiger partial charge < -0.3 is 9.47 Å². The summed E-state index contributed by atoms with van der Waals surface area (Å²) in [5, 5.41) is 3.35. The first-order valence-electron chi connectivity index (χ1n) is 10.1. The zero-order chi connectivity index (χ0) is 19.5. The molecule has 5 nitrogen and oxygen atoms in total. The maximum absolute atomic E-state index is 12.1. The van der Waals surface area contributed by atoms with Crippen LogP contribution in [0.2, 0.25) is 0 Å². The van der Waals surface area contributed by atoms with Crippen LogP contribution in [0, 0.1) is 11.3 Å². The fraction of sp³-hybridized carbons (Fsp3) is 0.682. The average molecular weight is 377 g/mol. The van der Waals surface area contributed by atoms with E-state index in [1.54, 1.807) is 0 Å². The molecule has 0 spiro atoms. The van der Waals surface area contributed by atoms with E-state index in [2.05, 4.69) is 31.0 Å².